The van der Waals surface area contributed by atoms with Crippen LogP contribution in [0.5, 0.6) is 0 Å². The molecule has 0 bridgehead atoms. The lowest BCUT2D eigenvalue weighted by molar-refractivity contribution is -0.145. The maximum Gasteiger partial charge on any atom is 0.322 e. The number of hydrogen-bond acceptors (Lipinski definition) is 4. The summed E-state index contributed by atoms with van der Waals surface area (Å²) in [5.74, 6) is 0.608. The smallest absolute Gasteiger partial charge is 0.322 e. The first-order valence-corrected chi connectivity index (χ1v) is 7.48. The number of esters is 1. The molecule has 3 atom stereocenters. The molecule has 1 fully saturated rings. The second kappa shape index (κ2) is 7.25. The van der Waals surface area contributed by atoms with Crippen LogP contribution in [-0.2, 0) is 9.53 Å². The molecule has 3 unspecified atom stereocenters. The van der Waals surface area contributed by atoms with E-state index in [2.05, 4.69) is 31.2 Å². The lowest BCUT2D eigenvalue weighted by atomic mass is 9.75. The van der Waals surface area contributed by atoms with Gasteiger partial charge in [-0.3, -0.25) is 4.79 Å². The van der Waals surface area contributed by atoms with Crippen LogP contribution >= 0.6 is 0 Å². The van der Waals surface area contributed by atoms with Crippen LogP contribution in [0.2, 0.25) is 0 Å². The molecule has 4 nitrogen and oxygen atoms in total. The molecule has 1 aliphatic carbocycles. The maximum absolute atomic E-state index is 11.7. The zero-order chi connectivity index (χ0) is 14.5. The minimum absolute atomic E-state index is 0.153. The molecule has 0 radical (unpaired) electrons. The molecule has 1 N–H and O–H groups in total. The fourth-order valence-electron chi connectivity index (χ4n) is 3.05. The number of carbonyl (C=O) groups excluding carboxylic acids is 1. The second-order valence-electron chi connectivity index (χ2n) is 6.17. The fraction of sp³-hybridized carbons (Fsp3) is 0.933. The fourth-order valence-corrected chi connectivity index (χ4v) is 3.05. The van der Waals surface area contributed by atoms with Crippen molar-refractivity contribution in [3.05, 3.63) is 0 Å². The van der Waals surface area contributed by atoms with Crippen LogP contribution in [0.1, 0.15) is 46.5 Å². The van der Waals surface area contributed by atoms with Gasteiger partial charge in [-0.15, -0.1) is 0 Å². The molecule has 0 heterocycles. The van der Waals surface area contributed by atoms with E-state index in [1.54, 1.807) is 0 Å². The third-order valence-electron chi connectivity index (χ3n) is 4.39. The molecule has 0 aliphatic heterocycles. The molecular weight excluding hydrogens is 240 g/mol. The third kappa shape index (κ3) is 4.46. The van der Waals surface area contributed by atoms with Gasteiger partial charge in [0.05, 0.1) is 6.61 Å². The van der Waals surface area contributed by atoms with Gasteiger partial charge in [0.1, 0.15) is 6.04 Å². The molecule has 1 rings (SSSR count). The molecule has 0 saturated heterocycles. The van der Waals surface area contributed by atoms with Gasteiger partial charge < -0.3 is 15.0 Å². The number of rotatable bonds is 6. The number of hydrogen-bond donors (Lipinski definition) is 1. The topological polar surface area (TPSA) is 41.6 Å². The average molecular weight is 270 g/mol. The molecule has 0 aromatic carbocycles. The highest BCUT2D eigenvalue weighted by Gasteiger charge is 2.37. The maximum atomic E-state index is 11.7. The summed E-state index contributed by atoms with van der Waals surface area (Å²) in [6.07, 6.45) is 4.99. The highest BCUT2D eigenvalue weighted by molar-refractivity contribution is 5.75. The number of nitrogens with one attached hydrogen (secondary N) is 1. The molecule has 1 saturated carbocycles. The van der Waals surface area contributed by atoms with E-state index in [9.17, 15) is 4.79 Å². The molecule has 112 valence electrons. The molecule has 0 amide bonds. The van der Waals surface area contributed by atoms with Crippen LogP contribution in [0.4, 0.5) is 0 Å². The summed E-state index contributed by atoms with van der Waals surface area (Å²) in [4.78, 5) is 14.0. The molecule has 4 heteroatoms. The standard InChI is InChI=1S/C15H30N2O2/c1-6-19-14(18)13(3)16-11-15(17(4)5)9-7-8-12(2)10-15/h12-13,16H,6-11H2,1-5H3. The lowest BCUT2D eigenvalue weighted by Gasteiger charge is -2.45. The summed E-state index contributed by atoms with van der Waals surface area (Å²) in [7, 11) is 4.30. The second-order valence-corrected chi connectivity index (χ2v) is 6.17. The van der Waals surface area contributed by atoms with E-state index in [1.165, 1.54) is 25.7 Å². The van der Waals surface area contributed by atoms with Gasteiger partial charge in [0, 0.05) is 12.1 Å². The van der Waals surface area contributed by atoms with E-state index in [-0.39, 0.29) is 17.6 Å². The van der Waals surface area contributed by atoms with Gasteiger partial charge in [-0.25, -0.2) is 0 Å². The zero-order valence-corrected chi connectivity index (χ0v) is 13.2. The van der Waals surface area contributed by atoms with Crippen LogP contribution in [-0.4, -0.2) is 49.7 Å². The van der Waals surface area contributed by atoms with Gasteiger partial charge in [-0.1, -0.05) is 19.8 Å². The van der Waals surface area contributed by atoms with Crippen LogP contribution in [0.25, 0.3) is 0 Å². The summed E-state index contributed by atoms with van der Waals surface area (Å²) in [5.41, 5.74) is 0.179. The SMILES string of the molecule is CCOC(=O)C(C)NCC1(N(C)C)CCCC(C)C1. The quantitative estimate of drug-likeness (QED) is 0.750. The van der Waals surface area contributed by atoms with Crippen LogP contribution in [0.15, 0.2) is 0 Å². The monoisotopic (exact) mass is 270 g/mol. The summed E-state index contributed by atoms with van der Waals surface area (Å²) in [6, 6.07) is -0.228. The summed E-state index contributed by atoms with van der Waals surface area (Å²) in [5, 5.41) is 3.36. The Balaban J connectivity index is 2.57. The van der Waals surface area contributed by atoms with Crippen LogP contribution in [0, 0.1) is 5.92 Å². The Bertz CT molecular complexity index is 294. The largest absolute Gasteiger partial charge is 0.465 e. The predicted molar refractivity (Wildman–Crippen MR) is 78.1 cm³/mol. The molecule has 0 aromatic heterocycles. The Hall–Kier alpha value is -0.610. The van der Waals surface area contributed by atoms with Crippen molar-refractivity contribution in [2.45, 2.75) is 58.0 Å². The van der Waals surface area contributed by atoms with Crippen molar-refractivity contribution in [3.8, 4) is 0 Å². The van der Waals surface area contributed by atoms with E-state index in [0.29, 0.717) is 6.61 Å². The first-order valence-electron chi connectivity index (χ1n) is 7.48. The number of likely N-dealkylation sites (N-methyl/N-ethyl adjacent to an activating group) is 1. The van der Waals surface area contributed by atoms with E-state index >= 15 is 0 Å². The normalized spacial score (nSPS) is 29.3. The van der Waals surface area contributed by atoms with Gasteiger partial charge in [-0.05, 0) is 46.7 Å². The van der Waals surface area contributed by atoms with Crippen molar-refractivity contribution in [1.29, 1.82) is 0 Å². The van der Waals surface area contributed by atoms with Crippen molar-refractivity contribution in [3.63, 3.8) is 0 Å². The zero-order valence-electron chi connectivity index (χ0n) is 13.2. The highest BCUT2D eigenvalue weighted by Crippen LogP contribution is 2.35. The average Bonchev–Trinajstić information content (AvgIpc) is 2.36. The lowest BCUT2D eigenvalue weighted by Crippen LogP contribution is -2.56. The van der Waals surface area contributed by atoms with Crippen molar-refractivity contribution < 1.29 is 9.53 Å². The Morgan fingerprint density at radius 1 is 1.53 bits per heavy atom. The van der Waals surface area contributed by atoms with Gasteiger partial charge in [0.2, 0.25) is 0 Å². The Morgan fingerprint density at radius 2 is 2.21 bits per heavy atom. The predicted octanol–water partition coefficient (Wildman–Crippen LogP) is 2.04. The van der Waals surface area contributed by atoms with E-state index in [4.69, 9.17) is 4.74 Å². The number of ether oxygens (including phenoxy) is 1. The van der Waals surface area contributed by atoms with Crippen molar-refractivity contribution in [2.75, 3.05) is 27.2 Å². The van der Waals surface area contributed by atoms with Gasteiger partial charge in [0.15, 0.2) is 0 Å². The Labute approximate surface area is 117 Å². The van der Waals surface area contributed by atoms with E-state index in [1.807, 2.05) is 13.8 Å². The third-order valence-corrected chi connectivity index (χ3v) is 4.39. The summed E-state index contributed by atoms with van der Waals surface area (Å²) < 4.78 is 5.04. The minimum Gasteiger partial charge on any atom is -0.465 e. The Morgan fingerprint density at radius 3 is 2.74 bits per heavy atom. The van der Waals surface area contributed by atoms with Crippen molar-refractivity contribution in [1.82, 2.24) is 10.2 Å². The molecular formula is C15H30N2O2. The minimum atomic E-state index is -0.228. The summed E-state index contributed by atoms with van der Waals surface area (Å²) in [6.45, 7) is 7.35. The number of nitrogens with zero attached hydrogens (tertiary/aromatic N) is 1. The number of carbonyl (C=O) groups is 1. The molecule has 0 aromatic rings. The van der Waals surface area contributed by atoms with Crippen molar-refractivity contribution >= 4 is 5.97 Å². The van der Waals surface area contributed by atoms with Crippen LogP contribution in [0.3, 0.4) is 0 Å². The van der Waals surface area contributed by atoms with Crippen LogP contribution < -0.4 is 5.32 Å². The highest BCUT2D eigenvalue weighted by atomic mass is 16.5. The van der Waals surface area contributed by atoms with Gasteiger partial charge in [-0.2, -0.15) is 0 Å². The van der Waals surface area contributed by atoms with Crippen molar-refractivity contribution in [2.24, 2.45) is 5.92 Å². The molecule has 19 heavy (non-hydrogen) atoms. The first kappa shape index (κ1) is 16.4. The first-order chi connectivity index (χ1) is 8.91. The molecule has 0 spiro atoms. The van der Waals surface area contributed by atoms with Gasteiger partial charge in [0.25, 0.3) is 0 Å². The summed E-state index contributed by atoms with van der Waals surface area (Å²) >= 11 is 0. The van der Waals surface area contributed by atoms with E-state index in [0.717, 1.165) is 12.5 Å². The molecule has 1 aliphatic rings. The Kier molecular flexibility index (Phi) is 6.27. The van der Waals surface area contributed by atoms with Gasteiger partial charge >= 0.3 is 5.97 Å². The van der Waals surface area contributed by atoms with E-state index < -0.39 is 0 Å².